The Morgan fingerprint density at radius 1 is 1.00 bits per heavy atom. The molecule has 3 fully saturated rings. The molecule has 0 aromatic carbocycles. The molecule has 0 atom stereocenters. The van der Waals surface area contributed by atoms with Crippen LogP contribution < -0.4 is 16.4 Å². The summed E-state index contributed by atoms with van der Waals surface area (Å²) in [7, 11) is 0. The summed E-state index contributed by atoms with van der Waals surface area (Å²) < 4.78 is 14.8. The van der Waals surface area contributed by atoms with E-state index in [1.165, 1.54) is 0 Å². The first kappa shape index (κ1) is 25.1. The van der Waals surface area contributed by atoms with Gasteiger partial charge in [0.1, 0.15) is 12.1 Å². The highest BCUT2D eigenvalue weighted by Crippen LogP contribution is 2.30. The van der Waals surface area contributed by atoms with Crippen LogP contribution in [0, 0.1) is 0 Å². The number of rotatable bonds is 8. The molecule has 5 heterocycles. The van der Waals surface area contributed by atoms with E-state index in [2.05, 4.69) is 20.6 Å². The number of primary amides is 1. The number of hydrogen-bond acceptors (Lipinski definition) is 9. The molecule has 1 aliphatic carbocycles. The molecule has 12 heteroatoms. The fourth-order valence-corrected chi connectivity index (χ4v) is 5.97. The summed E-state index contributed by atoms with van der Waals surface area (Å²) in [5.41, 5.74) is 7.91. The summed E-state index contributed by atoms with van der Waals surface area (Å²) in [5, 5.41) is 11.6. The number of ether oxygens (including phenoxy) is 2. The van der Waals surface area contributed by atoms with Crippen LogP contribution in [0.2, 0.25) is 0 Å². The largest absolute Gasteiger partial charge is 0.381 e. The highest BCUT2D eigenvalue weighted by atomic mass is 16.5. The number of nitrogens with zero attached hydrogens (tertiary/aromatic N) is 6. The Balaban J connectivity index is 1.20. The molecule has 3 aliphatic rings. The molecule has 38 heavy (non-hydrogen) atoms. The Kier molecular flexibility index (Phi) is 7.43. The van der Waals surface area contributed by atoms with Crippen molar-refractivity contribution >= 4 is 34.4 Å². The highest BCUT2D eigenvalue weighted by Gasteiger charge is 2.28. The summed E-state index contributed by atoms with van der Waals surface area (Å²) in [4.78, 5) is 23.9. The fraction of sp³-hybridized carbons (Fsp3) is 0.615. The molecule has 6 rings (SSSR count). The molecule has 204 valence electrons. The minimum absolute atomic E-state index is 0.0793. The number of nitrogens with two attached hydrogens (primary N) is 1. The summed E-state index contributed by atoms with van der Waals surface area (Å²) in [6, 6.07) is 3.16. The van der Waals surface area contributed by atoms with Crippen molar-refractivity contribution in [3.63, 3.8) is 0 Å². The van der Waals surface area contributed by atoms with Gasteiger partial charge in [0.2, 0.25) is 11.9 Å². The molecule has 2 aliphatic heterocycles. The number of morpholine rings is 1. The molecule has 4 N–H and O–H groups in total. The average Bonchev–Trinajstić information content (AvgIpc) is 3.57. The van der Waals surface area contributed by atoms with Crippen molar-refractivity contribution in [2.75, 3.05) is 50.2 Å². The van der Waals surface area contributed by atoms with E-state index >= 15 is 0 Å². The zero-order chi connectivity index (χ0) is 25.9. The molecular weight excluding hydrogens is 486 g/mol. The topological polar surface area (TPSA) is 137 Å². The summed E-state index contributed by atoms with van der Waals surface area (Å²) in [6.45, 7) is 5.31. The van der Waals surface area contributed by atoms with Crippen molar-refractivity contribution in [1.82, 2.24) is 29.2 Å². The maximum atomic E-state index is 11.7. The Morgan fingerprint density at radius 3 is 2.53 bits per heavy atom. The van der Waals surface area contributed by atoms with Crippen molar-refractivity contribution in [3.05, 3.63) is 24.7 Å². The maximum Gasteiger partial charge on any atom is 0.237 e. The second-order valence-electron chi connectivity index (χ2n) is 10.5. The molecule has 1 saturated carbocycles. The Bertz CT molecular complexity index is 1240. The van der Waals surface area contributed by atoms with E-state index in [1.807, 2.05) is 27.7 Å². The molecular formula is C26H37N9O3. The lowest BCUT2D eigenvalue weighted by molar-refractivity contribution is -0.118. The predicted octanol–water partition coefficient (Wildman–Crippen LogP) is 2.26. The van der Waals surface area contributed by atoms with Gasteiger partial charge in [-0.25, -0.2) is 4.98 Å². The van der Waals surface area contributed by atoms with Gasteiger partial charge in [0.15, 0.2) is 5.82 Å². The van der Waals surface area contributed by atoms with Gasteiger partial charge in [-0.15, -0.1) is 0 Å². The highest BCUT2D eigenvalue weighted by molar-refractivity contribution is 5.89. The molecule has 1 amide bonds. The van der Waals surface area contributed by atoms with Gasteiger partial charge in [-0.1, -0.05) is 0 Å². The smallest absolute Gasteiger partial charge is 0.237 e. The van der Waals surface area contributed by atoms with E-state index in [0.717, 1.165) is 101 Å². The van der Waals surface area contributed by atoms with Crippen molar-refractivity contribution < 1.29 is 14.3 Å². The normalized spacial score (nSPS) is 23.5. The number of carbonyl (C=O) groups excluding carboxylic acids is 1. The van der Waals surface area contributed by atoms with Gasteiger partial charge in [0, 0.05) is 50.8 Å². The number of hydrogen-bond donors (Lipinski definition) is 3. The minimum atomic E-state index is -0.401. The Hall–Kier alpha value is -3.22. The number of amides is 1. The monoisotopic (exact) mass is 523 g/mol. The van der Waals surface area contributed by atoms with E-state index < -0.39 is 5.91 Å². The lowest BCUT2D eigenvalue weighted by atomic mass is 9.90. The standard InChI is InChI=1S/C26H37N9O3/c27-23(36)17-34-8-5-22-24(34)25(29-18-1-3-20(4-2-18)33-9-13-38-14-10-33)32-26(31-22)30-19-15-28-35(16-19)21-6-11-37-12-7-21/h5,8,15-16,18,20-21H,1-4,6-7,9-14,17H2,(H2,27,36)(H2,29,30,31,32). The number of nitrogens with one attached hydrogen (secondary N) is 2. The fourth-order valence-electron chi connectivity index (χ4n) is 5.97. The van der Waals surface area contributed by atoms with Crippen LogP contribution in [0.4, 0.5) is 17.5 Å². The number of carbonyl (C=O) groups is 1. The third kappa shape index (κ3) is 5.62. The van der Waals surface area contributed by atoms with Crippen LogP contribution in [0.15, 0.2) is 24.7 Å². The second kappa shape index (κ2) is 11.3. The van der Waals surface area contributed by atoms with Gasteiger partial charge in [-0.3, -0.25) is 14.4 Å². The predicted molar refractivity (Wildman–Crippen MR) is 143 cm³/mol. The Labute approximate surface area is 221 Å². The van der Waals surface area contributed by atoms with Crippen LogP contribution >= 0.6 is 0 Å². The SMILES string of the molecule is NC(=O)Cn1ccc2nc(Nc3cnn(C4CCOCC4)c3)nc(NC3CCC(N4CCOCC4)CC3)c21. The number of aromatic nitrogens is 5. The summed E-state index contributed by atoms with van der Waals surface area (Å²) >= 11 is 0. The van der Waals surface area contributed by atoms with Gasteiger partial charge in [-0.05, 0) is 44.6 Å². The van der Waals surface area contributed by atoms with Gasteiger partial charge in [0.25, 0.3) is 0 Å². The molecule has 0 bridgehead atoms. The van der Waals surface area contributed by atoms with Crippen LogP contribution in [0.5, 0.6) is 0 Å². The van der Waals surface area contributed by atoms with E-state index in [-0.39, 0.29) is 6.54 Å². The Morgan fingerprint density at radius 2 is 1.76 bits per heavy atom. The molecule has 3 aromatic heterocycles. The van der Waals surface area contributed by atoms with Crippen LogP contribution in [-0.4, -0.2) is 86.7 Å². The first-order valence-corrected chi connectivity index (χ1v) is 13.7. The average molecular weight is 524 g/mol. The lowest BCUT2D eigenvalue weighted by Gasteiger charge is -2.39. The third-order valence-electron chi connectivity index (χ3n) is 7.96. The summed E-state index contributed by atoms with van der Waals surface area (Å²) in [5.74, 6) is 0.808. The van der Waals surface area contributed by atoms with Crippen molar-refractivity contribution in [3.8, 4) is 0 Å². The van der Waals surface area contributed by atoms with E-state index in [9.17, 15) is 4.79 Å². The summed E-state index contributed by atoms with van der Waals surface area (Å²) in [6.07, 6.45) is 12.0. The second-order valence-corrected chi connectivity index (χ2v) is 10.5. The molecule has 12 nitrogen and oxygen atoms in total. The van der Waals surface area contributed by atoms with Gasteiger partial charge >= 0.3 is 0 Å². The maximum absolute atomic E-state index is 11.7. The molecule has 3 aromatic rings. The minimum Gasteiger partial charge on any atom is -0.381 e. The lowest BCUT2D eigenvalue weighted by Crippen LogP contribution is -2.46. The zero-order valence-electron chi connectivity index (χ0n) is 21.7. The number of anilines is 3. The van der Waals surface area contributed by atoms with Crippen molar-refractivity contribution in [2.45, 2.75) is 63.2 Å². The van der Waals surface area contributed by atoms with Crippen LogP contribution in [0.25, 0.3) is 11.0 Å². The van der Waals surface area contributed by atoms with Crippen LogP contribution in [0.1, 0.15) is 44.6 Å². The first-order chi connectivity index (χ1) is 18.6. The molecule has 0 spiro atoms. The zero-order valence-corrected chi connectivity index (χ0v) is 21.7. The van der Waals surface area contributed by atoms with Gasteiger partial charge in [0.05, 0.1) is 36.7 Å². The first-order valence-electron chi connectivity index (χ1n) is 13.7. The molecule has 0 radical (unpaired) electrons. The van der Waals surface area contributed by atoms with Gasteiger partial charge in [-0.2, -0.15) is 10.1 Å². The van der Waals surface area contributed by atoms with Gasteiger partial charge < -0.3 is 30.4 Å². The van der Waals surface area contributed by atoms with Crippen LogP contribution in [0.3, 0.4) is 0 Å². The van der Waals surface area contributed by atoms with Crippen molar-refractivity contribution in [2.24, 2.45) is 5.73 Å². The third-order valence-corrected chi connectivity index (χ3v) is 7.96. The molecule has 0 unspecified atom stereocenters. The van der Waals surface area contributed by atoms with Crippen LogP contribution in [-0.2, 0) is 20.8 Å². The molecule has 2 saturated heterocycles. The van der Waals surface area contributed by atoms with E-state index in [1.54, 1.807) is 6.20 Å². The number of fused-ring (bicyclic) bond motifs is 1. The quantitative estimate of drug-likeness (QED) is 0.406. The van der Waals surface area contributed by atoms with E-state index in [0.29, 0.717) is 24.1 Å². The van der Waals surface area contributed by atoms with E-state index in [4.69, 9.17) is 25.2 Å². The van der Waals surface area contributed by atoms with Crippen molar-refractivity contribution in [1.29, 1.82) is 0 Å².